The predicted octanol–water partition coefficient (Wildman–Crippen LogP) is 3.69. The van der Waals surface area contributed by atoms with Gasteiger partial charge in [0, 0.05) is 17.0 Å². The summed E-state index contributed by atoms with van der Waals surface area (Å²) < 4.78 is 5.38. The zero-order chi connectivity index (χ0) is 13.6. The maximum Gasteiger partial charge on any atom is 0.122 e. The van der Waals surface area contributed by atoms with Gasteiger partial charge in [0.15, 0.2) is 0 Å². The third-order valence-corrected chi connectivity index (χ3v) is 3.34. The van der Waals surface area contributed by atoms with Crippen molar-refractivity contribution in [3.8, 4) is 5.75 Å². The lowest BCUT2D eigenvalue weighted by atomic mass is 9.83. The van der Waals surface area contributed by atoms with E-state index < -0.39 is 0 Å². The Morgan fingerprint density at radius 3 is 2.78 bits per heavy atom. The predicted molar refractivity (Wildman–Crippen MR) is 78.6 cm³/mol. The van der Waals surface area contributed by atoms with Crippen molar-refractivity contribution in [2.75, 3.05) is 20.2 Å². The number of hydrogen-bond acceptors (Lipinski definition) is 2. The highest BCUT2D eigenvalue weighted by Crippen LogP contribution is 2.30. The minimum absolute atomic E-state index is 0.00598. The van der Waals surface area contributed by atoms with Crippen LogP contribution in [0, 0.1) is 5.41 Å². The molecule has 1 aromatic carbocycles. The van der Waals surface area contributed by atoms with Crippen LogP contribution in [-0.2, 0) is 6.42 Å². The summed E-state index contributed by atoms with van der Waals surface area (Å²) in [5.41, 5.74) is 1.11. The Labute approximate surface area is 115 Å². The van der Waals surface area contributed by atoms with Crippen molar-refractivity contribution in [3.63, 3.8) is 0 Å². The maximum absolute atomic E-state index is 6.05. The molecule has 1 rings (SSSR count). The van der Waals surface area contributed by atoms with Gasteiger partial charge in [-0.25, -0.2) is 0 Å². The van der Waals surface area contributed by atoms with Crippen molar-refractivity contribution in [1.82, 2.24) is 5.32 Å². The Morgan fingerprint density at radius 2 is 2.22 bits per heavy atom. The molecule has 0 aliphatic heterocycles. The monoisotopic (exact) mass is 267 g/mol. The van der Waals surface area contributed by atoms with E-state index in [-0.39, 0.29) is 5.41 Å². The molecule has 0 heterocycles. The minimum Gasteiger partial charge on any atom is -0.496 e. The zero-order valence-electron chi connectivity index (χ0n) is 11.4. The second-order valence-corrected chi connectivity index (χ2v) is 5.21. The molecule has 0 aliphatic carbocycles. The summed E-state index contributed by atoms with van der Waals surface area (Å²) in [5, 5.41) is 4.10. The van der Waals surface area contributed by atoms with E-state index in [2.05, 4.69) is 25.7 Å². The van der Waals surface area contributed by atoms with Crippen LogP contribution in [0.15, 0.2) is 30.9 Å². The Morgan fingerprint density at radius 1 is 1.50 bits per heavy atom. The van der Waals surface area contributed by atoms with Crippen LogP contribution in [0.4, 0.5) is 0 Å². The summed E-state index contributed by atoms with van der Waals surface area (Å²) in [4.78, 5) is 0. The Bertz CT molecular complexity index is 405. The molecule has 1 N–H and O–H groups in total. The molecule has 0 radical (unpaired) electrons. The Kier molecular flexibility index (Phi) is 5.70. The van der Waals surface area contributed by atoms with Crippen LogP contribution in [0.3, 0.4) is 0 Å². The van der Waals surface area contributed by atoms with Gasteiger partial charge in [0.1, 0.15) is 5.75 Å². The van der Waals surface area contributed by atoms with Crippen LogP contribution < -0.4 is 10.1 Å². The molecular weight excluding hydrogens is 246 g/mol. The average Bonchev–Trinajstić information content (AvgIpc) is 2.37. The molecule has 0 aliphatic rings. The lowest BCUT2D eigenvalue weighted by Gasteiger charge is -2.27. The number of ether oxygens (including phenoxy) is 1. The normalized spacial score (nSPS) is 14.0. The fraction of sp³-hybridized carbons (Fsp3) is 0.467. The lowest BCUT2D eigenvalue weighted by Crippen LogP contribution is -2.32. The molecule has 18 heavy (non-hydrogen) atoms. The van der Waals surface area contributed by atoms with Gasteiger partial charge in [-0.1, -0.05) is 31.5 Å². The fourth-order valence-corrected chi connectivity index (χ4v) is 2.13. The summed E-state index contributed by atoms with van der Waals surface area (Å²) in [7, 11) is 1.68. The smallest absolute Gasteiger partial charge is 0.122 e. The molecule has 0 fully saturated rings. The first kappa shape index (κ1) is 15.1. The highest BCUT2D eigenvalue weighted by atomic mass is 35.5. The third kappa shape index (κ3) is 4.04. The molecule has 1 atom stereocenters. The van der Waals surface area contributed by atoms with Gasteiger partial charge in [0.05, 0.1) is 7.11 Å². The number of methoxy groups -OCH3 is 1. The second-order valence-electron chi connectivity index (χ2n) is 4.77. The van der Waals surface area contributed by atoms with Gasteiger partial charge >= 0.3 is 0 Å². The molecule has 2 nitrogen and oxygen atoms in total. The van der Waals surface area contributed by atoms with E-state index in [0.29, 0.717) is 0 Å². The molecular formula is C15H22ClNO. The van der Waals surface area contributed by atoms with E-state index in [9.17, 15) is 0 Å². The van der Waals surface area contributed by atoms with E-state index in [1.54, 1.807) is 7.11 Å². The minimum atomic E-state index is -0.00598. The lowest BCUT2D eigenvalue weighted by molar-refractivity contribution is 0.373. The van der Waals surface area contributed by atoms with Crippen LogP contribution >= 0.6 is 11.6 Å². The summed E-state index contributed by atoms with van der Waals surface area (Å²) in [5.74, 6) is 0.879. The number of halogens is 1. The van der Waals surface area contributed by atoms with Gasteiger partial charge in [-0.2, -0.15) is 0 Å². The largest absolute Gasteiger partial charge is 0.496 e. The molecule has 0 aromatic heterocycles. The Hall–Kier alpha value is -0.990. The molecule has 0 amide bonds. The van der Waals surface area contributed by atoms with E-state index in [4.69, 9.17) is 16.3 Å². The fourth-order valence-electron chi connectivity index (χ4n) is 1.94. The van der Waals surface area contributed by atoms with Gasteiger partial charge < -0.3 is 10.1 Å². The molecule has 0 saturated heterocycles. The molecule has 0 spiro atoms. The van der Waals surface area contributed by atoms with Gasteiger partial charge in [-0.05, 0) is 36.7 Å². The van der Waals surface area contributed by atoms with Crippen LogP contribution in [-0.4, -0.2) is 20.2 Å². The average molecular weight is 268 g/mol. The number of nitrogens with one attached hydrogen (secondary N) is 1. The molecule has 3 heteroatoms. The summed E-state index contributed by atoms with van der Waals surface area (Å²) in [6.45, 7) is 10.1. The van der Waals surface area contributed by atoms with Crippen LogP contribution in [0.1, 0.15) is 19.4 Å². The van der Waals surface area contributed by atoms with Crippen molar-refractivity contribution in [1.29, 1.82) is 0 Å². The number of benzene rings is 1. The Balaban J connectivity index is 2.93. The van der Waals surface area contributed by atoms with E-state index in [0.717, 1.165) is 35.8 Å². The second kappa shape index (κ2) is 6.81. The van der Waals surface area contributed by atoms with E-state index >= 15 is 0 Å². The molecule has 1 aromatic rings. The van der Waals surface area contributed by atoms with Crippen LogP contribution in [0.2, 0.25) is 5.02 Å². The first-order chi connectivity index (χ1) is 8.54. The molecule has 100 valence electrons. The molecule has 1 unspecified atom stereocenters. The summed E-state index contributed by atoms with van der Waals surface area (Å²) >= 11 is 6.05. The zero-order valence-corrected chi connectivity index (χ0v) is 12.2. The van der Waals surface area contributed by atoms with Crippen molar-refractivity contribution >= 4 is 11.6 Å². The van der Waals surface area contributed by atoms with E-state index in [1.165, 1.54) is 0 Å². The first-order valence-corrected chi connectivity index (χ1v) is 6.59. The third-order valence-electron chi connectivity index (χ3n) is 3.11. The van der Waals surface area contributed by atoms with Gasteiger partial charge in [0.25, 0.3) is 0 Å². The van der Waals surface area contributed by atoms with Crippen LogP contribution in [0.25, 0.3) is 0 Å². The number of hydrogen-bond donors (Lipinski definition) is 1. The highest BCUT2D eigenvalue weighted by molar-refractivity contribution is 6.30. The highest BCUT2D eigenvalue weighted by Gasteiger charge is 2.22. The van der Waals surface area contributed by atoms with Crippen molar-refractivity contribution in [2.45, 2.75) is 20.3 Å². The summed E-state index contributed by atoms with van der Waals surface area (Å²) in [6.07, 6.45) is 2.85. The maximum atomic E-state index is 6.05. The van der Waals surface area contributed by atoms with Crippen LogP contribution in [0.5, 0.6) is 5.75 Å². The van der Waals surface area contributed by atoms with Crippen molar-refractivity contribution in [2.24, 2.45) is 5.41 Å². The SMILES string of the molecule is C=CC(C)(CNCC)Cc1cc(Cl)ccc1OC. The summed E-state index contributed by atoms with van der Waals surface area (Å²) in [6, 6.07) is 5.72. The standard InChI is InChI=1S/C15H22ClNO/c1-5-15(3,11-17-6-2)10-12-9-13(16)7-8-14(12)18-4/h5,7-9,17H,1,6,10-11H2,2-4H3. The van der Waals surface area contributed by atoms with Gasteiger partial charge in [-0.15, -0.1) is 6.58 Å². The topological polar surface area (TPSA) is 21.3 Å². The quantitative estimate of drug-likeness (QED) is 0.761. The van der Waals surface area contributed by atoms with Crippen molar-refractivity contribution < 1.29 is 4.74 Å². The van der Waals surface area contributed by atoms with Crippen molar-refractivity contribution in [3.05, 3.63) is 41.4 Å². The van der Waals surface area contributed by atoms with E-state index in [1.807, 2.05) is 24.3 Å². The molecule has 0 bridgehead atoms. The molecule has 0 saturated carbocycles. The van der Waals surface area contributed by atoms with Gasteiger partial charge in [-0.3, -0.25) is 0 Å². The van der Waals surface area contributed by atoms with Gasteiger partial charge in [0.2, 0.25) is 0 Å². The number of rotatable bonds is 7. The first-order valence-electron chi connectivity index (χ1n) is 6.21.